The summed E-state index contributed by atoms with van der Waals surface area (Å²) >= 11 is 0. The van der Waals surface area contributed by atoms with E-state index in [1.807, 2.05) is 39.0 Å². The van der Waals surface area contributed by atoms with E-state index in [1.54, 1.807) is 0 Å². The topological polar surface area (TPSA) is 41.6 Å². The van der Waals surface area contributed by atoms with E-state index >= 15 is 0 Å². The zero-order valence-corrected chi connectivity index (χ0v) is 14.0. The Morgan fingerprint density at radius 2 is 1.86 bits per heavy atom. The summed E-state index contributed by atoms with van der Waals surface area (Å²) in [6.07, 6.45) is 3.01. The lowest BCUT2D eigenvalue weighted by atomic mass is 10.1. The average Bonchev–Trinajstić information content (AvgIpc) is 2.90. The van der Waals surface area contributed by atoms with Gasteiger partial charge in [0.25, 0.3) is 0 Å². The van der Waals surface area contributed by atoms with E-state index in [0.717, 1.165) is 26.1 Å². The molecule has 1 heterocycles. The van der Waals surface area contributed by atoms with E-state index < -0.39 is 5.60 Å². The second kappa shape index (κ2) is 7.63. The van der Waals surface area contributed by atoms with E-state index in [0.29, 0.717) is 0 Å². The van der Waals surface area contributed by atoms with E-state index in [1.165, 1.54) is 18.4 Å². The number of carbonyl (C=O) groups is 1. The van der Waals surface area contributed by atoms with E-state index in [-0.39, 0.29) is 12.1 Å². The van der Waals surface area contributed by atoms with Gasteiger partial charge in [-0.25, -0.2) is 4.79 Å². The maximum Gasteiger partial charge on any atom is 0.407 e. The largest absolute Gasteiger partial charge is 0.444 e. The summed E-state index contributed by atoms with van der Waals surface area (Å²) in [5, 5.41) is 3.05. The van der Waals surface area contributed by atoms with Gasteiger partial charge in [0, 0.05) is 12.6 Å². The molecule has 0 aliphatic carbocycles. The third kappa shape index (κ3) is 6.06. The van der Waals surface area contributed by atoms with Crippen LogP contribution < -0.4 is 5.32 Å². The Kier molecular flexibility index (Phi) is 5.83. The number of nitrogens with one attached hydrogen (secondary N) is 1. The van der Waals surface area contributed by atoms with Crippen LogP contribution in [-0.4, -0.2) is 42.3 Å². The van der Waals surface area contributed by atoms with Crippen LogP contribution >= 0.6 is 0 Å². The maximum atomic E-state index is 12.1. The number of nitrogens with zero attached hydrogens (tertiary/aromatic N) is 1. The van der Waals surface area contributed by atoms with E-state index in [4.69, 9.17) is 4.74 Å². The number of hydrogen-bond donors (Lipinski definition) is 1. The van der Waals surface area contributed by atoms with Crippen molar-refractivity contribution in [1.82, 2.24) is 10.2 Å². The molecule has 0 spiro atoms. The molecule has 0 radical (unpaired) electrons. The highest BCUT2D eigenvalue weighted by molar-refractivity contribution is 5.68. The molecule has 1 fully saturated rings. The van der Waals surface area contributed by atoms with Gasteiger partial charge in [0.2, 0.25) is 0 Å². The highest BCUT2D eigenvalue weighted by atomic mass is 16.6. The van der Waals surface area contributed by atoms with Gasteiger partial charge in [0.15, 0.2) is 0 Å². The summed E-state index contributed by atoms with van der Waals surface area (Å²) in [5.74, 6) is 0. The van der Waals surface area contributed by atoms with Crippen LogP contribution in [0.1, 0.15) is 39.2 Å². The number of alkyl carbamates (subject to hydrolysis) is 1. The lowest BCUT2D eigenvalue weighted by molar-refractivity contribution is 0.0494. The predicted octanol–water partition coefficient (Wildman–Crippen LogP) is 3.22. The quantitative estimate of drug-likeness (QED) is 0.908. The predicted molar refractivity (Wildman–Crippen MR) is 89.0 cm³/mol. The number of likely N-dealkylation sites (tertiary alicyclic amines) is 1. The molecule has 1 aliphatic heterocycles. The van der Waals surface area contributed by atoms with Crippen LogP contribution in [0.4, 0.5) is 4.79 Å². The number of amides is 1. The SMILES string of the molecule is CC(C)(C)OC(=O)N[C@@H](Cc1ccccc1)CN1CCCC1. The summed E-state index contributed by atoms with van der Waals surface area (Å²) in [6.45, 7) is 8.80. The molecule has 4 heteroatoms. The van der Waals surface area contributed by atoms with Gasteiger partial charge in [0.1, 0.15) is 5.60 Å². The van der Waals surface area contributed by atoms with Crippen molar-refractivity contribution in [2.45, 2.75) is 51.7 Å². The molecule has 1 aliphatic rings. The van der Waals surface area contributed by atoms with Crippen molar-refractivity contribution in [2.24, 2.45) is 0 Å². The molecule has 1 aromatic rings. The van der Waals surface area contributed by atoms with Crippen LogP contribution in [0.3, 0.4) is 0 Å². The summed E-state index contributed by atoms with van der Waals surface area (Å²) in [4.78, 5) is 14.5. The molecule has 22 heavy (non-hydrogen) atoms. The first kappa shape index (κ1) is 16.8. The lowest BCUT2D eigenvalue weighted by Gasteiger charge is -2.26. The zero-order valence-electron chi connectivity index (χ0n) is 14.0. The summed E-state index contributed by atoms with van der Waals surface area (Å²) in [7, 11) is 0. The third-order valence-electron chi connectivity index (χ3n) is 3.72. The van der Waals surface area contributed by atoms with E-state index in [2.05, 4.69) is 22.3 Å². The normalized spacial score (nSPS) is 17.2. The average molecular weight is 304 g/mol. The molecule has 1 saturated heterocycles. The van der Waals surface area contributed by atoms with Crippen LogP contribution in [0.15, 0.2) is 30.3 Å². The monoisotopic (exact) mass is 304 g/mol. The van der Waals surface area contributed by atoms with Crippen molar-refractivity contribution in [1.29, 1.82) is 0 Å². The lowest BCUT2D eigenvalue weighted by Crippen LogP contribution is -2.46. The molecule has 2 rings (SSSR count). The fourth-order valence-corrected chi connectivity index (χ4v) is 2.81. The Balaban J connectivity index is 1.95. The van der Waals surface area contributed by atoms with Gasteiger partial charge in [0.05, 0.1) is 0 Å². The Morgan fingerprint density at radius 3 is 2.45 bits per heavy atom. The molecule has 1 amide bonds. The molecule has 1 atom stereocenters. The summed E-state index contributed by atoms with van der Waals surface area (Å²) in [5.41, 5.74) is 0.775. The van der Waals surface area contributed by atoms with Crippen molar-refractivity contribution in [3.8, 4) is 0 Å². The molecule has 1 N–H and O–H groups in total. The minimum absolute atomic E-state index is 0.0790. The van der Waals surface area contributed by atoms with Crippen LogP contribution in [0.2, 0.25) is 0 Å². The maximum absolute atomic E-state index is 12.1. The molecule has 122 valence electrons. The fraction of sp³-hybridized carbons (Fsp3) is 0.611. The van der Waals surface area contributed by atoms with Crippen LogP contribution in [0.5, 0.6) is 0 Å². The Hall–Kier alpha value is -1.55. The van der Waals surface area contributed by atoms with Crippen molar-refractivity contribution in [3.63, 3.8) is 0 Å². The summed E-state index contributed by atoms with van der Waals surface area (Å²) < 4.78 is 5.40. The zero-order chi connectivity index (χ0) is 16.0. The van der Waals surface area contributed by atoms with Crippen LogP contribution in [0.25, 0.3) is 0 Å². The van der Waals surface area contributed by atoms with Crippen LogP contribution in [-0.2, 0) is 11.2 Å². The van der Waals surface area contributed by atoms with Crippen molar-refractivity contribution in [3.05, 3.63) is 35.9 Å². The minimum atomic E-state index is -0.463. The molecule has 0 saturated carbocycles. The number of benzene rings is 1. The van der Waals surface area contributed by atoms with E-state index in [9.17, 15) is 4.79 Å². The molecular formula is C18H28N2O2. The number of carbonyl (C=O) groups excluding carboxylic acids is 1. The molecule has 1 aromatic carbocycles. The first-order chi connectivity index (χ1) is 10.4. The fourth-order valence-electron chi connectivity index (χ4n) is 2.81. The molecule has 4 nitrogen and oxygen atoms in total. The molecule has 0 bridgehead atoms. The second-order valence-corrected chi connectivity index (χ2v) is 7.04. The number of ether oxygens (including phenoxy) is 1. The molecule has 0 aromatic heterocycles. The van der Waals surface area contributed by atoms with Gasteiger partial charge in [-0.05, 0) is 58.7 Å². The van der Waals surface area contributed by atoms with Gasteiger partial charge in [-0.15, -0.1) is 0 Å². The van der Waals surface area contributed by atoms with Gasteiger partial charge >= 0.3 is 6.09 Å². The Labute approximate surface area is 133 Å². The van der Waals surface area contributed by atoms with Gasteiger partial charge < -0.3 is 15.0 Å². The van der Waals surface area contributed by atoms with Crippen molar-refractivity contribution >= 4 is 6.09 Å². The Bertz CT molecular complexity index is 462. The van der Waals surface area contributed by atoms with Gasteiger partial charge in [-0.3, -0.25) is 0 Å². The Morgan fingerprint density at radius 1 is 1.23 bits per heavy atom. The van der Waals surface area contributed by atoms with Gasteiger partial charge in [-0.2, -0.15) is 0 Å². The van der Waals surface area contributed by atoms with Crippen LogP contribution in [0, 0.1) is 0 Å². The number of hydrogen-bond acceptors (Lipinski definition) is 3. The van der Waals surface area contributed by atoms with Gasteiger partial charge in [-0.1, -0.05) is 30.3 Å². The molecule has 0 unspecified atom stereocenters. The number of rotatable bonds is 5. The summed E-state index contributed by atoms with van der Waals surface area (Å²) in [6, 6.07) is 10.4. The highest BCUT2D eigenvalue weighted by Gasteiger charge is 2.22. The van der Waals surface area contributed by atoms with Crippen molar-refractivity contribution in [2.75, 3.05) is 19.6 Å². The molecular weight excluding hydrogens is 276 g/mol. The highest BCUT2D eigenvalue weighted by Crippen LogP contribution is 2.12. The van der Waals surface area contributed by atoms with Crippen molar-refractivity contribution < 1.29 is 9.53 Å². The first-order valence-electron chi connectivity index (χ1n) is 8.18. The standard InChI is InChI=1S/C18H28N2O2/c1-18(2,3)22-17(21)19-16(14-20-11-7-8-12-20)13-15-9-5-4-6-10-15/h4-6,9-10,16H,7-8,11-14H2,1-3H3,(H,19,21)/t16-/m0/s1. The second-order valence-electron chi connectivity index (χ2n) is 7.04. The minimum Gasteiger partial charge on any atom is -0.444 e. The third-order valence-corrected chi connectivity index (χ3v) is 3.72. The smallest absolute Gasteiger partial charge is 0.407 e. The first-order valence-corrected chi connectivity index (χ1v) is 8.18.